The second-order valence-corrected chi connectivity index (χ2v) is 7.10. The van der Waals surface area contributed by atoms with Crippen LogP contribution in [0.3, 0.4) is 0 Å². The van der Waals surface area contributed by atoms with Gasteiger partial charge in [0.1, 0.15) is 11.6 Å². The summed E-state index contributed by atoms with van der Waals surface area (Å²) in [5.74, 6) is -1.14. The fraction of sp³-hybridized carbons (Fsp3) is 0.286. The maximum absolute atomic E-state index is 11.8. The van der Waals surface area contributed by atoms with Crippen LogP contribution >= 0.6 is 0 Å². The highest BCUT2D eigenvalue weighted by molar-refractivity contribution is 5.80. The minimum atomic E-state index is -1.14. The van der Waals surface area contributed by atoms with Gasteiger partial charge in [-0.2, -0.15) is 5.26 Å². The van der Waals surface area contributed by atoms with Crippen molar-refractivity contribution >= 4 is 12.1 Å². The first kappa shape index (κ1) is 20.0. The number of nitrogens with one attached hydrogen (secondary N) is 1. The molecule has 0 saturated heterocycles. The van der Waals surface area contributed by atoms with Gasteiger partial charge in [-0.1, -0.05) is 42.5 Å². The van der Waals surface area contributed by atoms with E-state index in [2.05, 4.69) is 11.4 Å². The minimum absolute atomic E-state index is 0.120. The van der Waals surface area contributed by atoms with E-state index in [1.807, 2.05) is 24.3 Å². The van der Waals surface area contributed by atoms with Crippen LogP contribution in [0.2, 0.25) is 0 Å². The van der Waals surface area contributed by atoms with E-state index in [1.54, 1.807) is 45.0 Å². The molecule has 6 heteroatoms. The number of hydrogen-bond donors (Lipinski definition) is 2. The van der Waals surface area contributed by atoms with E-state index in [-0.39, 0.29) is 6.42 Å². The van der Waals surface area contributed by atoms with Gasteiger partial charge in [-0.25, -0.2) is 9.59 Å². The topological polar surface area (TPSA) is 99.4 Å². The van der Waals surface area contributed by atoms with Crippen LogP contribution in [-0.2, 0) is 16.0 Å². The lowest BCUT2D eigenvalue weighted by Crippen LogP contribution is -2.44. The number of rotatable bonds is 5. The lowest BCUT2D eigenvalue weighted by atomic mass is 9.97. The first-order valence-electron chi connectivity index (χ1n) is 8.50. The summed E-state index contributed by atoms with van der Waals surface area (Å²) in [6.45, 7) is 5.13. The number of nitriles is 1. The molecule has 0 aliphatic heterocycles. The highest BCUT2D eigenvalue weighted by atomic mass is 16.6. The van der Waals surface area contributed by atoms with Crippen LogP contribution in [0.25, 0.3) is 11.1 Å². The molecule has 0 aromatic heterocycles. The lowest BCUT2D eigenvalue weighted by molar-refractivity contribution is -0.139. The van der Waals surface area contributed by atoms with Crippen LogP contribution in [0.1, 0.15) is 31.9 Å². The Morgan fingerprint density at radius 2 is 1.78 bits per heavy atom. The molecule has 6 nitrogen and oxygen atoms in total. The van der Waals surface area contributed by atoms with Crippen molar-refractivity contribution in [2.75, 3.05) is 0 Å². The predicted molar refractivity (Wildman–Crippen MR) is 101 cm³/mol. The van der Waals surface area contributed by atoms with Crippen molar-refractivity contribution in [3.63, 3.8) is 0 Å². The van der Waals surface area contributed by atoms with Crippen molar-refractivity contribution in [3.05, 3.63) is 59.7 Å². The number of benzene rings is 2. The Balaban J connectivity index is 2.12. The number of hydrogen-bond acceptors (Lipinski definition) is 4. The van der Waals surface area contributed by atoms with Crippen molar-refractivity contribution in [1.82, 2.24) is 5.32 Å². The fourth-order valence-corrected chi connectivity index (χ4v) is 2.54. The highest BCUT2D eigenvalue weighted by Crippen LogP contribution is 2.23. The molecule has 0 aliphatic carbocycles. The lowest BCUT2D eigenvalue weighted by Gasteiger charge is -2.22. The largest absolute Gasteiger partial charge is 0.480 e. The third-order valence-corrected chi connectivity index (χ3v) is 3.74. The smallest absolute Gasteiger partial charge is 0.408 e. The standard InChI is InChI=1S/C21H22N2O4/c1-21(2,3)27-20(26)23-18(19(24)25)12-14-8-10-15(11-9-14)17-7-5-4-6-16(17)13-22/h4-11,18H,12H2,1-3H3,(H,23,26)(H,24,25)/t18-/m0/s1. The summed E-state index contributed by atoms with van der Waals surface area (Å²) in [6.07, 6.45) is -0.649. The molecule has 0 fully saturated rings. The fourth-order valence-electron chi connectivity index (χ4n) is 2.54. The van der Waals surface area contributed by atoms with Gasteiger partial charge in [0.2, 0.25) is 0 Å². The summed E-state index contributed by atoms with van der Waals surface area (Å²) in [6, 6.07) is 15.6. The quantitative estimate of drug-likeness (QED) is 0.839. The Labute approximate surface area is 158 Å². The van der Waals surface area contributed by atoms with Gasteiger partial charge in [-0.3, -0.25) is 0 Å². The summed E-state index contributed by atoms with van der Waals surface area (Å²) >= 11 is 0. The van der Waals surface area contributed by atoms with Crippen LogP contribution in [0.5, 0.6) is 0 Å². The summed E-state index contributed by atoms with van der Waals surface area (Å²) in [4.78, 5) is 23.3. The van der Waals surface area contributed by atoms with Gasteiger partial charge >= 0.3 is 12.1 Å². The number of alkyl carbamates (subject to hydrolysis) is 1. The van der Waals surface area contributed by atoms with E-state index in [0.29, 0.717) is 5.56 Å². The van der Waals surface area contributed by atoms with Gasteiger partial charge in [0.05, 0.1) is 11.6 Å². The zero-order chi connectivity index (χ0) is 20.0. The van der Waals surface area contributed by atoms with Crippen LogP contribution < -0.4 is 5.32 Å². The highest BCUT2D eigenvalue weighted by Gasteiger charge is 2.24. The van der Waals surface area contributed by atoms with Gasteiger partial charge in [-0.05, 0) is 43.5 Å². The monoisotopic (exact) mass is 366 g/mol. The number of carboxylic acids is 1. The van der Waals surface area contributed by atoms with Crippen LogP contribution in [-0.4, -0.2) is 28.8 Å². The van der Waals surface area contributed by atoms with Crippen molar-refractivity contribution in [2.24, 2.45) is 0 Å². The molecule has 0 heterocycles. The van der Waals surface area contributed by atoms with E-state index in [4.69, 9.17) is 4.74 Å². The molecule has 1 atom stereocenters. The Morgan fingerprint density at radius 3 is 2.33 bits per heavy atom. The van der Waals surface area contributed by atoms with Gasteiger partial charge in [0, 0.05) is 6.42 Å². The van der Waals surface area contributed by atoms with E-state index in [0.717, 1.165) is 16.7 Å². The molecule has 1 amide bonds. The second kappa shape index (κ2) is 8.37. The average Bonchev–Trinajstić information content (AvgIpc) is 2.60. The Bertz CT molecular complexity index is 861. The maximum atomic E-state index is 11.8. The number of ether oxygens (including phenoxy) is 1. The second-order valence-electron chi connectivity index (χ2n) is 7.10. The molecule has 2 aromatic carbocycles. The molecule has 0 aliphatic rings. The van der Waals surface area contributed by atoms with E-state index in [1.165, 1.54) is 0 Å². The molecular formula is C21H22N2O4. The molecule has 0 bridgehead atoms. The summed E-state index contributed by atoms with van der Waals surface area (Å²) < 4.78 is 5.11. The van der Waals surface area contributed by atoms with Crippen molar-refractivity contribution in [3.8, 4) is 17.2 Å². The molecule has 0 radical (unpaired) electrons. The van der Waals surface area contributed by atoms with Gasteiger partial charge in [-0.15, -0.1) is 0 Å². The molecule has 140 valence electrons. The Kier molecular flexibility index (Phi) is 6.19. The third kappa shape index (κ3) is 5.86. The number of carbonyl (C=O) groups excluding carboxylic acids is 1. The van der Waals surface area contributed by atoms with Gasteiger partial charge < -0.3 is 15.2 Å². The number of nitrogens with zero attached hydrogens (tertiary/aromatic N) is 1. The van der Waals surface area contributed by atoms with Crippen LogP contribution in [0, 0.1) is 11.3 Å². The van der Waals surface area contributed by atoms with E-state index in [9.17, 15) is 20.0 Å². The zero-order valence-corrected chi connectivity index (χ0v) is 15.5. The van der Waals surface area contributed by atoms with Crippen molar-refractivity contribution < 1.29 is 19.4 Å². The summed E-state index contributed by atoms with van der Waals surface area (Å²) in [7, 11) is 0. The number of amides is 1. The summed E-state index contributed by atoms with van der Waals surface area (Å²) in [5.41, 5.74) is 2.29. The minimum Gasteiger partial charge on any atom is -0.480 e. The molecule has 0 saturated carbocycles. The number of carboxylic acid groups (broad SMARTS) is 1. The Morgan fingerprint density at radius 1 is 1.15 bits per heavy atom. The van der Waals surface area contributed by atoms with Crippen molar-refractivity contribution in [1.29, 1.82) is 5.26 Å². The normalized spacial score (nSPS) is 11.9. The van der Waals surface area contributed by atoms with Gasteiger partial charge in [0.15, 0.2) is 0 Å². The first-order valence-corrected chi connectivity index (χ1v) is 8.50. The number of aliphatic carboxylic acids is 1. The SMILES string of the molecule is CC(C)(C)OC(=O)N[C@@H](Cc1ccc(-c2ccccc2C#N)cc1)C(=O)O. The Hall–Kier alpha value is -3.33. The molecule has 2 N–H and O–H groups in total. The molecule has 2 aromatic rings. The van der Waals surface area contributed by atoms with E-state index < -0.39 is 23.7 Å². The van der Waals surface area contributed by atoms with Crippen LogP contribution in [0.15, 0.2) is 48.5 Å². The molecule has 27 heavy (non-hydrogen) atoms. The zero-order valence-electron chi connectivity index (χ0n) is 15.5. The van der Waals surface area contributed by atoms with Crippen LogP contribution in [0.4, 0.5) is 4.79 Å². The van der Waals surface area contributed by atoms with E-state index >= 15 is 0 Å². The average molecular weight is 366 g/mol. The maximum Gasteiger partial charge on any atom is 0.408 e. The van der Waals surface area contributed by atoms with Gasteiger partial charge in [0.25, 0.3) is 0 Å². The molecule has 0 unspecified atom stereocenters. The summed E-state index contributed by atoms with van der Waals surface area (Å²) in [5, 5.41) is 21.0. The molecular weight excluding hydrogens is 344 g/mol. The predicted octanol–water partition coefficient (Wildman–Crippen LogP) is 3.75. The third-order valence-electron chi connectivity index (χ3n) is 3.74. The van der Waals surface area contributed by atoms with Crippen molar-refractivity contribution in [2.45, 2.75) is 38.8 Å². The number of carbonyl (C=O) groups is 2. The first-order chi connectivity index (χ1) is 12.7. The molecule has 2 rings (SSSR count). The molecule has 0 spiro atoms.